The number of hydrogen-bond donors (Lipinski definition) is 2. The summed E-state index contributed by atoms with van der Waals surface area (Å²) in [7, 11) is 0. The van der Waals surface area contributed by atoms with Gasteiger partial charge in [0.15, 0.2) is 5.96 Å². The van der Waals surface area contributed by atoms with Gasteiger partial charge in [0.2, 0.25) is 0 Å². The second-order valence-corrected chi connectivity index (χ2v) is 6.35. The molecule has 5 nitrogen and oxygen atoms in total. The van der Waals surface area contributed by atoms with Gasteiger partial charge in [0.05, 0.1) is 13.2 Å². The Bertz CT molecular complexity index is 512. The van der Waals surface area contributed by atoms with Crippen molar-refractivity contribution in [2.24, 2.45) is 10.7 Å². The summed E-state index contributed by atoms with van der Waals surface area (Å²) in [4.78, 5) is 4.59. The van der Waals surface area contributed by atoms with E-state index < -0.39 is 0 Å². The minimum absolute atomic E-state index is 0. The molecule has 2 rings (SSSR count). The van der Waals surface area contributed by atoms with Crippen molar-refractivity contribution < 1.29 is 9.47 Å². The lowest BCUT2D eigenvalue weighted by Gasteiger charge is -2.36. The maximum atomic E-state index is 5.98. The predicted molar refractivity (Wildman–Crippen MR) is 110 cm³/mol. The van der Waals surface area contributed by atoms with Gasteiger partial charge in [-0.25, -0.2) is 0 Å². The summed E-state index contributed by atoms with van der Waals surface area (Å²) in [6.07, 6.45) is 1.92. The van der Waals surface area contributed by atoms with Crippen molar-refractivity contribution in [2.45, 2.75) is 45.1 Å². The maximum Gasteiger partial charge on any atom is 0.188 e. The molecule has 0 unspecified atom stereocenters. The SMILES string of the molecule is CCOc1ccc(C2(CN=C(N)NC(C)C)CCOCC2)cc1.I. The zero-order chi connectivity index (χ0) is 16.7. The Morgan fingerprint density at radius 3 is 2.46 bits per heavy atom. The minimum Gasteiger partial charge on any atom is -0.494 e. The van der Waals surface area contributed by atoms with Crippen LogP contribution >= 0.6 is 24.0 Å². The molecule has 0 bridgehead atoms. The summed E-state index contributed by atoms with van der Waals surface area (Å²) in [6, 6.07) is 8.66. The average molecular weight is 447 g/mol. The summed E-state index contributed by atoms with van der Waals surface area (Å²) >= 11 is 0. The first-order chi connectivity index (χ1) is 11.1. The fourth-order valence-corrected chi connectivity index (χ4v) is 2.95. The highest BCUT2D eigenvalue weighted by atomic mass is 127. The lowest BCUT2D eigenvalue weighted by Crippen LogP contribution is -2.40. The molecule has 0 aliphatic carbocycles. The van der Waals surface area contributed by atoms with Crippen LogP contribution in [0.4, 0.5) is 0 Å². The molecule has 24 heavy (non-hydrogen) atoms. The fraction of sp³-hybridized carbons (Fsp3) is 0.611. The lowest BCUT2D eigenvalue weighted by atomic mass is 9.74. The molecule has 136 valence electrons. The largest absolute Gasteiger partial charge is 0.494 e. The average Bonchev–Trinajstić information content (AvgIpc) is 2.54. The van der Waals surface area contributed by atoms with Crippen molar-refractivity contribution in [3.63, 3.8) is 0 Å². The Labute approximate surface area is 162 Å². The van der Waals surface area contributed by atoms with Crippen molar-refractivity contribution in [1.29, 1.82) is 0 Å². The van der Waals surface area contributed by atoms with Crippen molar-refractivity contribution in [3.05, 3.63) is 29.8 Å². The van der Waals surface area contributed by atoms with Crippen LogP contribution in [0.15, 0.2) is 29.3 Å². The third kappa shape index (κ3) is 5.81. The number of nitrogens with two attached hydrogens (primary N) is 1. The number of ether oxygens (including phenoxy) is 2. The summed E-state index contributed by atoms with van der Waals surface area (Å²) < 4.78 is 11.1. The van der Waals surface area contributed by atoms with E-state index in [1.54, 1.807) is 0 Å². The van der Waals surface area contributed by atoms with Gasteiger partial charge in [-0.05, 0) is 51.3 Å². The normalized spacial score (nSPS) is 17.2. The van der Waals surface area contributed by atoms with Crippen LogP contribution in [0.1, 0.15) is 39.2 Å². The summed E-state index contributed by atoms with van der Waals surface area (Å²) in [6.45, 7) is 8.99. The number of hydrogen-bond acceptors (Lipinski definition) is 3. The molecule has 0 aromatic heterocycles. The van der Waals surface area contributed by atoms with Crippen LogP contribution in [0.3, 0.4) is 0 Å². The topological polar surface area (TPSA) is 68.9 Å². The maximum absolute atomic E-state index is 5.98. The van der Waals surface area contributed by atoms with E-state index in [0.717, 1.165) is 31.8 Å². The number of benzene rings is 1. The van der Waals surface area contributed by atoms with Gasteiger partial charge in [0.1, 0.15) is 5.75 Å². The van der Waals surface area contributed by atoms with Gasteiger partial charge in [-0.3, -0.25) is 4.99 Å². The minimum atomic E-state index is -0.00766. The zero-order valence-electron chi connectivity index (χ0n) is 14.9. The lowest BCUT2D eigenvalue weighted by molar-refractivity contribution is 0.0531. The highest BCUT2D eigenvalue weighted by molar-refractivity contribution is 14.0. The van der Waals surface area contributed by atoms with Crippen LogP contribution in [-0.2, 0) is 10.2 Å². The molecule has 1 aliphatic heterocycles. The van der Waals surface area contributed by atoms with E-state index in [9.17, 15) is 0 Å². The Morgan fingerprint density at radius 1 is 1.29 bits per heavy atom. The molecule has 0 atom stereocenters. The van der Waals surface area contributed by atoms with Gasteiger partial charge in [-0.1, -0.05) is 12.1 Å². The number of guanidine groups is 1. The van der Waals surface area contributed by atoms with Gasteiger partial charge in [0.25, 0.3) is 0 Å². The van der Waals surface area contributed by atoms with E-state index in [1.807, 2.05) is 19.1 Å². The molecule has 0 spiro atoms. The smallest absolute Gasteiger partial charge is 0.188 e. The Morgan fingerprint density at radius 2 is 1.92 bits per heavy atom. The monoisotopic (exact) mass is 447 g/mol. The first-order valence-electron chi connectivity index (χ1n) is 8.43. The molecule has 1 aromatic rings. The quantitative estimate of drug-likeness (QED) is 0.400. The Kier molecular flexibility index (Phi) is 8.83. The van der Waals surface area contributed by atoms with Crippen LogP contribution in [0.2, 0.25) is 0 Å². The molecule has 0 radical (unpaired) electrons. The third-order valence-electron chi connectivity index (χ3n) is 4.22. The van der Waals surface area contributed by atoms with E-state index in [-0.39, 0.29) is 35.4 Å². The van der Waals surface area contributed by atoms with E-state index in [1.165, 1.54) is 5.56 Å². The molecule has 0 saturated carbocycles. The predicted octanol–water partition coefficient (Wildman–Crippen LogP) is 3.06. The molecule has 1 heterocycles. The Hall–Kier alpha value is -1.02. The molecule has 6 heteroatoms. The molecule has 1 aliphatic rings. The molecule has 1 saturated heterocycles. The summed E-state index contributed by atoms with van der Waals surface area (Å²) in [5.41, 5.74) is 7.26. The second kappa shape index (κ2) is 10.1. The van der Waals surface area contributed by atoms with Gasteiger partial charge < -0.3 is 20.5 Å². The number of nitrogens with one attached hydrogen (secondary N) is 1. The van der Waals surface area contributed by atoms with Crippen LogP contribution < -0.4 is 15.8 Å². The zero-order valence-corrected chi connectivity index (χ0v) is 17.2. The van der Waals surface area contributed by atoms with Gasteiger partial charge >= 0.3 is 0 Å². The molecule has 1 fully saturated rings. The van der Waals surface area contributed by atoms with Crippen LogP contribution in [0.25, 0.3) is 0 Å². The van der Waals surface area contributed by atoms with E-state index >= 15 is 0 Å². The van der Waals surface area contributed by atoms with Crippen LogP contribution in [0, 0.1) is 0 Å². The first kappa shape index (κ1) is 21.0. The molecule has 3 N–H and O–H groups in total. The van der Waals surface area contributed by atoms with E-state index in [4.69, 9.17) is 15.2 Å². The number of nitrogens with zero attached hydrogens (tertiary/aromatic N) is 1. The Balaban J connectivity index is 0.00000288. The third-order valence-corrected chi connectivity index (χ3v) is 4.22. The van der Waals surface area contributed by atoms with Gasteiger partial charge in [-0.15, -0.1) is 24.0 Å². The number of rotatable bonds is 6. The van der Waals surface area contributed by atoms with E-state index in [0.29, 0.717) is 19.1 Å². The van der Waals surface area contributed by atoms with E-state index in [2.05, 4.69) is 36.3 Å². The molecular weight excluding hydrogens is 417 g/mol. The van der Waals surface area contributed by atoms with Gasteiger partial charge in [-0.2, -0.15) is 0 Å². The van der Waals surface area contributed by atoms with Crippen molar-refractivity contribution in [1.82, 2.24) is 5.32 Å². The molecular formula is C18H30IN3O2. The molecule has 0 amide bonds. The molecule has 1 aromatic carbocycles. The van der Waals surface area contributed by atoms with Crippen molar-refractivity contribution >= 4 is 29.9 Å². The van der Waals surface area contributed by atoms with Crippen LogP contribution in [-0.4, -0.2) is 38.4 Å². The summed E-state index contributed by atoms with van der Waals surface area (Å²) in [5.74, 6) is 1.42. The highest BCUT2D eigenvalue weighted by Crippen LogP contribution is 2.36. The van der Waals surface area contributed by atoms with Gasteiger partial charge in [0, 0.05) is 24.7 Å². The van der Waals surface area contributed by atoms with Crippen molar-refractivity contribution in [3.8, 4) is 5.75 Å². The number of halogens is 1. The van der Waals surface area contributed by atoms with Crippen molar-refractivity contribution in [2.75, 3.05) is 26.4 Å². The fourth-order valence-electron chi connectivity index (χ4n) is 2.95. The number of aliphatic imine (C=N–C) groups is 1. The highest BCUT2D eigenvalue weighted by Gasteiger charge is 2.34. The van der Waals surface area contributed by atoms with Crippen LogP contribution in [0.5, 0.6) is 5.75 Å². The first-order valence-corrected chi connectivity index (χ1v) is 8.43. The standard InChI is InChI=1S/C18H29N3O2.HI/c1-4-23-16-7-5-15(6-8-16)18(9-11-22-12-10-18)13-20-17(19)21-14(2)3;/h5-8,14H,4,9-13H2,1-3H3,(H3,19,20,21);1H. The summed E-state index contributed by atoms with van der Waals surface area (Å²) in [5, 5.41) is 3.15. The second-order valence-electron chi connectivity index (χ2n) is 6.35.